The molecule has 4 aliphatic rings. The molecule has 0 heterocycles. The van der Waals surface area contributed by atoms with Crippen molar-refractivity contribution in [1.29, 1.82) is 0 Å². The lowest BCUT2D eigenvalue weighted by Gasteiger charge is -2.60. The molecule has 7 atom stereocenters. The van der Waals surface area contributed by atoms with Gasteiger partial charge in [0, 0.05) is 24.7 Å². The van der Waals surface area contributed by atoms with Gasteiger partial charge in [0.15, 0.2) is 0 Å². The Hall–Kier alpha value is -0.860. The minimum atomic E-state index is 0.0603. The van der Waals surface area contributed by atoms with E-state index in [-0.39, 0.29) is 17.5 Å². The molecule has 0 spiro atoms. The van der Waals surface area contributed by atoms with Gasteiger partial charge in [0.25, 0.3) is 0 Å². The molecular weight excluding hydrogens is 492 g/mol. The van der Waals surface area contributed by atoms with Crippen molar-refractivity contribution in [3.8, 4) is 0 Å². The standard InChI is InChI=1S/C37H64O3/c1-4-5-6-7-8-9-10-11-12-13-14-15-16-17-18-19-35(39)40-34-23-22-32-31-21-20-29-28-30(38)24-26-36(29,2)33(31)25-27-37(32,34)3/h29,31-34H,4-28H2,1-3H3/t29-,31?,32?,33?,34-,36+,37+/m1/s1. The van der Waals surface area contributed by atoms with E-state index < -0.39 is 0 Å². The van der Waals surface area contributed by atoms with E-state index in [0.717, 1.165) is 43.9 Å². The van der Waals surface area contributed by atoms with Crippen molar-refractivity contribution >= 4 is 11.8 Å². The Morgan fingerprint density at radius 3 is 1.90 bits per heavy atom. The van der Waals surface area contributed by atoms with Crippen LogP contribution in [0.4, 0.5) is 0 Å². The molecule has 40 heavy (non-hydrogen) atoms. The number of esters is 1. The Labute approximate surface area is 247 Å². The molecular formula is C37H64O3. The molecule has 0 aromatic rings. The van der Waals surface area contributed by atoms with Crippen molar-refractivity contribution < 1.29 is 14.3 Å². The quantitative estimate of drug-likeness (QED) is 0.132. The number of unbranched alkanes of at least 4 members (excludes halogenated alkanes) is 14. The highest BCUT2D eigenvalue weighted by atomic mass is 16.5. The van der Waals surface area contributed by atoms with Crippen LogP contribution in [0.3, 0.4) is 0 Å². The summed E-state index contributed by atoms with van der Waals surface area (Å²) in [7, 11) is 0. The van der Waals surface area contributed by atoms with Crippen LogP contribution >= 0.6 is 0 Å². The summed E-state index contributed by atoms with van der Waals surface area (Å²) in [6.45, 7) is 7.26. The molecule has 3 unspecified atom stereocenters. The fraction of sp³-hybridized carbons (Fsp3) is 0.946. The zero-order valence-electron chi connectivity index (χ0n) is 26.8. The Morgan fingerprint density at radius 2 is 1.27 bits per heavy atom. The van der Waals surface area contributed by atoms with E-state index >= 15 is 0 Å². The first kappa shape index (κ1) is 32.1. The van der Waals surface area contributed by atoms with Gasteiger partial charge in [-0.3, -0.25) is 9.59 Å². The zero-order valence-corrected chi connectivity index (χ0v) is 26.8. The normalized spacial score (nSPS) is 35.2. The summed E-state index contributed by atoms with van der Waals surface area (Å²) in [6.07, 6.45) is 31.0. The van der Waals surface area contributed by atoms with Crippen molar-refractivity contribution in [2.75, 3.05) is 0 Å². The van der Waals surface area contributed by atoms with Gasteiger partial charge in [-0.05, 0) is 80.5 Å². The Bertz CT molecular complexity index is 790. The van der Waals surface area contributed by atoms with Crippen molar-refractivity contribution in [2.24, 2.45) is 34.5 Å². The van der Waals surface area contributed by atoms with Gasteiger partial charge in [-0.1, -0.05) is 111 Å². The van der Waals surface area contributed by atoms with E-state index in [1.807, 2.05) is 0 Å². The number of carbonyl (C=O) groups is 2. The molecule has 4 aliphatic carbocycles. The molecule has 0 aliphatic heterocycles. The van der Waals surface area contributed by atoms with Gasteiger partial charge in [-0.15, -0.1) is 0 Å². The maximum Gasteiger partial charge on any atom is 0.306 e. The third-order valence-corrected chi connectivity index (χ3v) is 12.7. The SMILES string of the molecule is CCCCCCCCCCCCCCCCCC(=O)O[C@@H]1CCC2C3CC[C@@H]4CC(=O)CC[C@]4(C)C3CC[C@@]21C. The van der Waals surface area contributed by atoms with E-state index in [1.54, 1.807) is 0 Å². The lowest BCUT2D eigenvalue weighted by atomic mass is 9.45. The second-order valence-electron chi connectivity index (χ2n) is 15.2. The van der Waals surface area contributed by atoms with Gasteiger partial charge < -0.3 is 4.74 Å². The number of Topliss-reactive ketones (excluding diaryl/α,β-unsaturated/α-hetero) is 1. The maximum atomic E-state index is 12.8. The van der Waals surface area contributed by atoms with Gasteiger partial charge in [0.2, 0.25) is 0 Å². The summed E-state index contributed by atoms with van der Waals surface area (Å²) in [4.78, 5) is 25.0. The highest BCUT2D eigenvalue weighted by Gasteiger charge is 2.61. The van der Waals surface area contributed by atoms with Crippen molar-refractivity contribution in [3.05, 3.63) is 0 Å². The first-order valence-corrected chi connectivity index (χ1v) is 18.1. The molecule has 0 aromatic heterocycles. The predicted octanol–water partition coefficient (Wildman–Crippen LogP) is 10.8. The van der Waals surface area contributed by atoms with E-state index in [1.165, 1.54) is 122 Å². The summed E-state index contributed by atoms with van der Waals surface area (Å²) in [5.74, 6) is 3.42. The second-order valence-corrected chi connectivity index (χ2v) is 15.2. The number of rotatable bonds is 17. The maximum absolute atomic E-state index is 12.8. The molecule has 3 nitrogen and oxygen atoms in total. The molecule has 0 saturated heterocycles. The summed E-state index contributed by atoms with van der Waals surface area (Å²) < 4.78 is 6.24. The summed E-state index contributed by atoms with van der Waals surface area (Å²) >= 11 is 0. The van der Waals surface area contributed by atoms with Crippen molar-refractivity contribution in [1.82, 2.24) is 0 Å². The predicted molar refractivity (Wildman–Crippen MR) is 166 cm³/mol. The van der Waals surface area contributed by atoms with Gasteiger partial charge >= 0.3 is 5.97 Å². The summed E-state index contributed by atoms with van der Waals surface area (Å²) in [5, 5.41) is 0. The van der Waals surface area contributed by atoms with Crippen LogP contribution in [0, 0.1) is 34.5 Å². The molecule has 0 N–H and O–H groups in total. The minimum Gasteiger partial charge on any atom is -0.462 e. The van der Waals surface area contributed by atoms with Crippen LogP contribution in [0.5, 0.6) is 0 Å². The molecule has 0 radical (unpaired) electrons. The Balaban J connectivity index is 1.06. The fourth-order valence-electron chi connectivity index (χ4n) is 10.0. The first-order valence-electron chi connectivity index (χ1n) is 18.1. The Morgan fingerprint density at radius 1 is 0.700 bits per heavy atom. The van der Waals surface area contributed by atoms with Crippen LogP contribution in [0.1, 0.15) is 181 Å². The van der Waals surface area contributed by atoms with E-state index in [0.29, 0.717) is 29.5 Å². The van der Waals surface area contributed by atoms with Crippen LogP contribution < -0.4 is 0 Å². The monoisotopic (exact) mass is 556 g/mol. The van der Waals surface area contributed by atoms with E-state index in [9.17, 15) is 9.59 Å². The fourth-order valence-corrected chi connectivity index (χ4v) is 10.0. The smallest absolute Gasteiger partial charge is 0.306 e. The molecule has 0 amide bonds. The van der Waals surface area contributed by atoms with Crippen LogP contribution in [0.2, 0.25) is 0 Å². The highest BCUT2D eigenvalue weighted by Crippen LogP contribution is 2.66. The second kappa shape index (κ2) is 15.6. The van der Waals surface area contributed by atoms with Crippen molar-refractivity contribution in [2.45, 2.75) is 187 Å². The Kier molecular flexibility index (Phi) is 12.5. The summed E-state index contributed by atoms with van der Waals surface area (Å²) in [6, 6.07) is 0. The lowest BCUT2D eigenvalue weighted by molar-refractivity contribution is -0.164. The number of hydrogen-bond acceptors (Lipinski definition) is 3. The van der Waals surface area contributed by atoms with Crippen LogP contribution in [-0.2, 0) is 14.3 Å². The average molecular weight is 557 g/mol. The zero-order chi connectivity index (χ0) is 28.4. The molecule has 4 rings (SSSR count). The number of hydrogen-bond donors (Lipinski definition) is 0. The molecule has 0 bridgehead atoms. The number of ketones is 1. The summed E-state index contributed by atoms with van der Waals surface area (Å²) in [5.41, 5.74) is 0.528. The third-order valence-electron chi connectivity index (χ3n) is 12.7. The topological polar surface area (TPSA) is 43.4 Å². The third kappa shape index (κ3) is 7.94. The molecule has 3 heteroatoms. The van der Waals surface area contributed by atoms with Crippen LogP contribution in [0.15, 0.2) is 0 Å². The van der Waals surface area contributed by atoms with Gasteiger partial charge in [0.1, 0.15) is 11.9 Å². The van der Waals surface area contributed by atoms with Crippen LogP contribution in [-0.4, -0.2) is 17.9 Å². The van der Waals surface area contributed by atoms with Crippen LogP contribution in [0.25, 0.3) is 0 Å². The minimum absolute atomic E-state index is 0.0603. The number of ether oxygens (including phenoxy) is 1. The molecule has 4 fully saturated rings. The average Bonchev–Trinajstić information content (AvgIpc) is 3.27. The number of carbonyl (C=O) groups excluding carboxylic acids is 2. The highest BCUT2D eigenvalue weighted by molar-refractivity contribution is 5.79. The lowest BCUT2D eigenvalue weighted by Crippen LogP contribution is -2.54. The number of fused-ring (bicyclic) bond motifs is 5. The molecule has 4 saturated carbocycles. The molecule has 230 valence electrons. The van der Waals surface area contributed by atoms with Gasteiger partial charge in [0.05, 0.1) is 0 Å². The largest absolute Gasteiger partial charge is 0.462 e. The molecule has 0 aromatic carbocycles. The van der Waals surface area contributed by atoms with E-state index in [2.05, 4.69) is 20.8 Å². The van der Waals surface area contributed by atoms with Crippen molar-refractivity contribution in [3.63, 3.8) is 0 Å². The first-order chi connectivity index (χ1) is 19.4. The van der Waals surface area contributed by atoms with Gasteiger partial charge in [-0.25, -0.2) is 0 Å². The van der Waals surface area contributed by atoms with E-state index in [4.69, 9.17) is 4.74 Å². The van der Waals surface area contributed by atoms with Gasteiger partial charge in [-0.2, -0.15) is 0 Å².